The molecular formula is C22H22N4. The Hall–Kier alpha value is -3.14. The van der Waals surface area contributed by atoms with Crippen molar-refractivity contribution in [2.75, 3.05) is 23.3 Å². The lowest BCUT2D eigenvalue weighted by molar-refractivity contribution is 0.720. The van der Waals surface area contributed by atoms with E-state index in [1.807, 2.05) is 42.5 Å². The van der Waals surface area contributed by atoms with E-state index in [9.17, 15) is 0 Å². The molecule has 0 atom stereocenters. The maximum atomic E-state index is 4.86. The third-order valence-corrected chi connectivity index (χ3v) is 4.63. The van der Waals surface area contributed by atoms with Crippen LogP contribution in [0.25, 0.3) is 11.4 Å². The lowest BCUT2D eigenvalue weighted by Gasteiger charge is -2.30. The molecule has 4 nitrogen and oxygen atoms in total. The first-order valence-electron chi connectivity index (χ1n) is 8.94. The highest BCUT2D eigenvalue weighted by Gasteiger charge is 2.18. The summed E-state index contributed by atoms with van der Waals surface area (Å²) in [4.78, 5) is 11.9. The SMILES string of the molecule is C=CCNc1cc(N2CCc3ccccc3C2)nc(-c2ccccc2)n1. The van der Waals surface area contributed by atoms with Crippen LogP contribution in [0.1, 0.15) is 11.1 Å². The second-order valence-corrected chi connectivity index (χ2v) is 6.41. The van der Waals surface area contributed by atoms with E-state index in [1.165, 1.54) is 11.1 Å². The lowest BCUT2D eigenvalue weighted by atomic mass is 10.00. The van der Waals surface area contributed by atoms with E-state index in [2.05, 4.69) is 46.0 Å². The van der Waals surface area contributed by atoms with Gasteiger partial charge in [0.1, 0.15) is 11.6 Å². The lowest BCUT2D eigenvalue weighted by Crippen LogP contribution is -2.31. The van der Waals surface area contributed by atoms with Gasteiger partial charge in [0.05, 0.1) is 0 Å². The van der Waals surface area contributed by atoms with Crippen LogP contribution in [-0.2, 0) is 13.0 Å². The first-order chi connectivity index (χ1) is 12.8. The summed E-state index contributed by atoms with van der Waals surface area (Å²) >= 11 is 0. The number of anilines is 2. The summed E-state index contributed by atoms with van der Waals surface area (Å²) in [5.41, 5.74) is 3.83. The second-order valence-electron chi connectivity index (χ2n) is 6.41. The number of hydrogen-bond acceptors (Lipinski definition) is 4. The Morgan fingerprint density at radius 3 is 2.58 bits per heavy atom. The number of nitrogens with one attached hydrogen (secondary N) is 1. The molecule has 1 aliphatic rings. The molecule has 0 spiro atoms. The Morgan fingerprint density at radius 2 is 1.77 bits per heavy atom. The Balaban J connectivity index is 1.70. The van der Waals surface area contributed by atoms with E-state index in [1.54, 1.807) is 0 Å². The molecule has 0 bridgehead atoms. The minimum absolute atomic E-state index is 0.674. The van der Waals surface area contributed by atoms with Gasteiger partial charge in [-0.2, -0.15) is 0 Å². The van der Waals surface area contributed by atoms with E-state index in [0.717, 1.165) is 42.5 Å². The molecule has 0 saturated heterocycles. The zero-order chi connectivity index (χ0) is 17.8. The molecule has 1 aromatic heterocycles. The molecule has 0 unspecified atom stereocenters. The number of nitrogens with zero attached hydrogens (tertiary/aromatic N) is 3. The average Bonchev–Trinajstić information content (AvgIpc) is 2.72. The zero-order valence-corrected chi connectivity index (χ0v) is 14.7. The monoisotopic (exact) mass is 342 g/mol. The maximum absolute atomic E-state index is 4.86. The minimum Gasteiger partial charge on any atom is -0.366 e. The smallest absolute Gasteiger partial charge is 0.163 e. The van der Waals surface area contributed by atoms with Crippen molar-refractivity contribution in [2.45, 2.75) is 13.0 Å². The Morgan fingerprint density at radius 1 is 1.00 bits per heavy atom. The summed E-state index contributed by atoms with van der Waals surface area (Å²) in [7, 11) is 0. The molecule has 0 amide bonds. The van der Waals surface area contributed by atoms with Crippen LogP contribution < -0.4 is 10.2 Å². The van der Waals surface area contributed by atoms with Crippen molar-refractivity contribution in [1.29, 1.82) is 0 Å². The quantitative estimate of drug-likeness (QED) is 0.702. The fourth-order valence-electron chi connectivity index (χ4n) is 3.27. The highest BCUT2D eigenvalue weighted by molar-refractivity contribution is 5.62. The predicted molar refractivity (Wildman–Crippen MR) is 107 cm³/mol. The summed E-state index contributed by atoms with van der Waals surface area (Å²) < 4.78 is 0. The molecule has 4 rings (SSSR count). The molecule has 1 N–H and O–H groups in total. The molecule has 2 aromatic carbocycles. The van der Waals surface area contributed by atoms with Crippen LogP contribution in [-0.4, -0.2) is 23.1 Å². The Bertz CT molecular complexity index is 905. The van der Waals surface area contributed by atoms with Gasteiger partial charge < -0.3 is 10.2 Å². The topological polar surface area (TPSA) is 41.0 Å². The zero-order valence-electron chi connectivity index (χ0n) is 14.7. The van der Waals surface area contributed by atoms with Crippen molar-refractivity contribution in [3.63, 3.8) is 0 Å². The minimum atomic E-state index is 0.674. The van der Waals surface area contributed by atoms with Crippen molar-refractivity contribution < 1.29 is 0 Å². The predicted octanol–water partition coefficient (Wildman–Crippen LogP) is 4.30. The fraction of sp³-hybridized carbons (Fsp3) is 0.182. The van der Waals surface area contributed by atoms with Crippen LogP contribution in [0.2, 0.25) is 0 Å². The molecule has 0 radical (unpaired) electrons. The molecule has 0 aliphatic carbocycles. The molecule has 0 fully saturated rings. The van der Waals surface area contributed by atoms with Crippen molar-refractivity contribution >= 4 is 11.6 Å². The van der Waals surface area contributed by atoms with Crippen LogP contribution in [0.5, 0.6) is 0 Å². The largest absolute Gasteiger partial charge is 0.366 e. The van der Waals surface area contributed by atoms with Gasteiger partial charge in [0.25, 0.3) is 0 Å². The first kappa shape index (κ1) is 16.3. The van der Waals surface area contributed by atoms with Crippen molar-refractivity contribution in [1.82, 2.24) is 9.97 Å². The normalized spacial score (nSPS) is 13.2. The number of fused-ring (bicyclic) bond motifs is 1. The van der Waals surface area contributed by atoms with Crippen LogP contribution in [0.4, 0.5) is 11.6 Å². The van der Waals surface area contributed by atoms with Crippen LogP contribution in [0, 0.1) is 0 Å². The van der Waals surface area contributed by atoms with Gasteiger partial charge in [0, 0.05) is 31.3 Å². The second kappa shape index (κ2) is 7.40. The van der Waals surface area contributed by atoms with Gasteiger partial charge in [-0.15, -0.1) is 6.58 Å². The molecule has 2 heterocycles. The molecule has 26 heavy (non-hydrogen) atoms. The van der Waals surface area contributed by atoms with Crippen LogP contribution >= 0.6 is 0 Å². The highest BCUT2D eigenvalue weighted by atomic mass is 15.2. The molecule has 0 saturated carbocycles. The van der Waals surface area contributed by atoms with Gasteiger partial charge in [0.15, 0.2) is 5.82 Å². The van der Waals surface area contributed by atoms with E-state index >= 15 is 0 Å². The third kappa shape index (κ3) is 3.45. The molecule has 3 aromatic rings. The number of aromatic nitrogens is 2. The van der Waals surface area contributed by atoms with Gasteiger partial charge in [-0.05, 0) is 17.5 Å². The summed E-state index contributed by atoms with van der Waals surface area (Å²) in [5.74, 6) is 2.53. The van der Waals surface area contributed by atoms with Crippen molar-refractivity contribution in [3.05, 3.63) is 84.4 Å². The number of rotatable bonds is 5. The summed E-state index contributed by atoms with van der Waals surface area (Å²) in [5, 5.41) is 3.31. The van der Waals surface area contributed by atoms with Crippen LogP contribution in [0.3, 0.4) is 0 Å². The van der Waals surface area contributed by atoms with Gasteiger partial charge in [-0.1, -0.05) is 60.7 Å². The van der Waals surface area contributed by atoms with Gasteiger partial charge in [0.2, 0.25) is 0 Å². The Kier molecular flexibility index (Phi) is 4.65. The summed E-state index contributed by atoms with van der Waals surface area (Å²) in [6.07, 6.45) is 2.87. The molecular weight excluding hydrogens is 320 g/mol. The fourth-order valence-corrected chi connectivity index (χ4v) is 3.27. The Labute approximate surface area is 154 Å². The summed E-state index contributed by atoms with van der Waals surface area (Å²) in [6, 6.07) is 20.8. The maximum Gasteiger partial charge on any atom is 0.163 e. The van der Waals surface area contributed by atoms with Crippen molar-refractivity contribution in [2.24, 2.45) is 0 Å². The first-order valence-corrected chi connectivity index (χ1v) is 8.94. The summed E-state index contributed by atoms with van der Waals surface area (Å²) in [6.45, 7) is 6.29. The number of hydrogen-bond donors (Lipinski definition) is 1. The standard InChI is InChI=1S/C22H22N4/c1-2-13-23-20-15-21(25-22(24-20)18-9-4-3-5-10-18)26-14-12-17-8-6-7-11-19(17)16-26/h2-11,15H,1,12-14,16H2,(H,23,24,25). The third-order valence-electron chi connectivity index (χ3n) is 4.63. The van der Waals surface area contributed by atoms with Crippen molar-refractivity contribution in [3.8, 4) is 11.4 Å². The van der Waals surface area contributed by atoms with Gasteiger partial charge >= 0.3 is 0 Å². The number of benzene rings is 2. The highest BCUT2D eigenvalue weighted by Crippen LogP contribution is 2.27. The average molecular weight is 342 g/mol. The molecule has 130 valence electrons. The van der Waals surface area contributed by atoms with E-state index < -0.39 is 0 Å². The van der Waals surface area contributed by atoms with Gasteiger partial charge in [-0.25, -0.2) is 9.97 Å². The van der Waals surface area contributed by atoms with Gasteiger partial charge in [-0.3, -0.25) is 0 Å². The van der Waals surface area contributed by atoms with E-state index in [0.29, 0.717) is 6.54 Å². The van der Waals surface area contributed by atoms with E-state index in [-0.39, 0.29) is 0 Å². The molecule has 1 aliphatic heterocycles. The van der Waals surface area contributed by atoms with E-state index in [4.69, 9.17) is 4.98 Å². The van der Waals surface area contributed by atoms with Crippen LogP contribution in [0.15, 0.2) is 73.3 Å². The molecule has 4 heteroatoms.